The van der Waals surface area contributed by atoms with Gasteiger partial charge in [0.05, 0.1) is 29.4 Å². The zero-order valence-electron chi connectivity index (χ0n) is 18.5. The number of pyridine rings is 1. The third kappa shape index (κ3) is 4.28. The molecule has 6 nitrogen and oxygen atoms in total. The van der Waals surface area contributed by atoms with Crippen molar-refractivity contribution in [3.8, 4) is 11.1 Å². The number of fused-ring (bicyclic) bond motifs is 1. The summed E-state index contributed by atoms with van der Waals surface area (Å²) in [5.41, 5.74) is 4.66. The molecule has 7 heteroatoms. The molecule has 0 saturated heterocycles. The monoisotopic (exact) mass is 446 g/mol. The third-order valence-corrected chi connectivity index (χ3v) is 6.51. The number of carbonyl (C=O) groups is 1. The van der Waals surface area contributed by atoms with Crippen molar-refractivity contribution >= 4 is 11.4 Å². The van der Waals surface area contributed by atoms with Gasteiger partial charge in [-0.2, -0.15) is 5.10 Å². The highest BCUT2D eigenvalue weighted by atomic mass is 19.1. The van der Waals surface area contributed by atoms with Crippen LogP contribution in [0.1, 0.15) is 47.3 Å². The minimum absolute atomic E-state index is 0.266. The highest BCUT2D eigenvalue weighted by Gasteiger charge is 2.26. The van der Waals surface area contributed by atoms with Gasteiger partial charge in [0.15, 0.2) is 0 Å². The number of nitrogens with zero attached hydrogens (tertiary/aromatic N) is 3. The average molecular weight is 447 g/mol. The minimum atomic E-state index is -0.549. The number of aromatic nitrogens is 3. The topological polar surface area (TPSA) is 71.6 Å². The SMILES string of the molecule is Cn1cc(-c2ccc(Cc3ccc(F)c4c(C(=O)N[C@H]5CCCC[C@@H]5O)ccn34)cc2)cn1. The van der Waals surface area contributed by atoms with Crippen LogP contribution in [0.25, 0.3) is 16.6 Å². The molecule has 5 rings (SSSR count). The minimum Gasteiger partial charge on any atom is -0.391 e. The molecule has 0 spiro atoms. The highest BCUT2D eigenvalue weighted by Crippen LogP contribution is 2.24. The Bertz CT molecular complexity index is 1290. The molecule has 1 aliphatic carbocycles. The normalized spacial score (nSPS) is 18.5. The van der Waals surface area contributed by atoms with Gasteiger partial charge in [-0.1, -0.05) is 37.1 Å². The number of aryl methyl sites for hydroxylation is 1. The van der Waals surface area contributed by atoms with Crippen LogP contribution >= 0.6 is 0 Å². The van der Waals surface area contributed by atoms with E-state index in [0.717, 1.165) is 41.6 Å². The molecule has 0 bridgehead atoms. The maximum atomic E-state index is 14.8. The van der Waals surface area contributed by atoms with Gasteiger partial charge < -0.3 is 14.8 Å². The number of aliphatic hydroxyl groups is 1. The van der Waals surface area contributed by atoms with Gasteiger partial charge in [-0.25, -0.2) is 4.39 Å². The Labute approximate surface area is 191 Å². The molecule has 1 aromatic carbocycles. The lowest BCUT2D eigenvalue weighted by atomic mass is 9.92. The molecule has 1 aliphatic rings. The van der Waals surface area contributed by atoms with Crippen molar-refractivity contribution in [1.82, 2.24) is 19.5 Å². The number of carbonyl (C=O) groups excluding carboxylic acids is 1. The van der Waals surface area contributed by atoms with E-state index in [9.17, 15) is 14.3 Å². The van der Waals surface area contributed by atoms with Crippen molar-refractivity contribution in [3.05, 3.63) is 83.7 Å². The van der Waals surface area contributed by atoms with E-state index in [1.807, 2.05) is 19.4 Å². The third-order valence-electron chi connectivity index (χ3n) is 6.51. The second-order valence-electron chi connectivity index (χ2n) is 8.83. The Morgan fingerprint density at radius 3 is 2.64 bits per heavy atom. The zero-order chi connectivity index (χ0) is 22.9. The first-order chi connectivity index (χ1) is 16.0. The second-order valence-corrected chi connectivity index (χ2v) is 8.83. The van der Waals surface area contributed by atoms with Crippen LogP contribution in [-0.4, -0.2) is 37.3 Å². The number of nitrogens with one attached hydrogen (secondary N) is 1. The first-order valence-corrected chi connectivity index (χ1v) is 11.3. The fourth-order valence-electron chi connectivity index (χ4n) is 4.69. The van der Waals surface area contributed by atoms with E-state index >= 15 is 0 Å². The van der Waals surface area contributed by atoms with Crippen molar-refractivity contribution in [3.63, 3.8) is 0 Å². The smallest absolute Gasteiger partial charge is 0.253 e. The zero-order valence-corrected chi connectivity index (χ0v) is 18.5. The fourth-order valence-corrected chi connectivity index (χ4v) is 4.69. The Hall–Kier alpha value is -3.45. The van der Waals surface area contributed by atoms with Crippen LogP contribution in [0.4, 0.5) is 4.39 Å². The van der Waals surface area contributed by atoms with Gasteiger partial charge in [0, 0.05) is 37.1 Å². The Balaban J connectivity index is 1.39. The van der Waals surface area contributed by atoms with Gasteiger partial charge in [-0.15, -0.1) is 0 Å². The van der Waals surface area contributed by atoms with Crippen LogP contribution in [0.15, 0.2) is 61.1 Å². The molecule has 1 saturated carbocycles. The summed E-state index contributed by atoms with van der Waals surface area (Å²) < 4.78 is 18.3. The van der Waals surface area contributed by atoms with Crippen molar-refractivity contribution < 1.29 is 14.3 Å². The second kappa shape index (κ2) is 8.83. The van der Waals surface area contributed by atoms with Crippen LogP contribution in [-0.2, 0) is 13.5 Å². The number of hydrogen-bond donors (Lipinski definition) is 2. The van der Waals surface area contributed by atoms with Gasteiger partial charge in [-0.05, 0) is 42.2 Å². The lowest BCUT2D eigenvalue weighted by molar-refractivity contribution is 0.0718. The molecule has 2 N–H and O–H groups in total. The summed E-state index contributed by atoms with van der Waals surface area (Å²) in [6.07, 6.45) is 8.94. The number of hydrogen-bond acceptors (Lipinski definition) is 3. The van der Waals surface area contributed by atoms with E-state index in [2.05, 4.69) is 34.7 Å². The summed E-state index contributed by atoms with van der Waals surface area (Å²) in [7, 11) is 1.89. The Morgan fingerprint density at radius 1 is 1.12 bits per heavy atom. The molecule has 1 amide bonds. The Morgan fingerprint density at radius 2 is 1.91 bits per heavy atom. The van der Waals surface area contributed by atoms with Crippen LogP contribution in [0.2, 0.25) is 0 Å². The molecular formula is C26H27FN4O2. The predicted molar refractivity (Wildman–Crippen MR) is 125 cm³/mol. The maximum Gasteiger partial charge on any atom is 0.253 e. The van der Waals surface area contributed by atoms with E-state index in [0.29, 0.717) is 18.4 Å². The first-order valence-electron chi connectivity index (χ1n) is 11.3. The molecule has 0 aliphatic heterocycles. The number of rotatable bonds is 5. The van der Waals surface area contributed by atoms with Crippen molar-refractivity contribution in [2.24, 2.45) is 7.05 Å². The highest BCUT2D eigenvalue weighted by molar-refractivity contribution is 6.01. The molecule has 3 heterocycles. The molecule has 170 valence electrons. The van der Waals surface area contributed by atoms with Gasteiger partial charge in [-0.3, -0.25) is 9.48 Å². The van der Waals surface area contributed by atoms with Crippen molar-refractivity contribution in [1.29, 1.82) is 0 Å². The van der Waals surface area contributed by atoms with E-state index in [1.165, 1.54) is 6.07 Å². The van der Waals surface area contributed by atoms with Gasteiger partial charge >= 0.3 is 0 Å². The summed E-state index contributed by atoms with van der Waals surface area (Å²) >= 11 is 0. The number of halogens is 1. The van der Waals surface area contributed by atoms with Crippen LogP contribution in [0, 0.1) is 5.82 Å². The molecule has 1 fully saturated rings. The predicted octanol–water partition coefficient (Wildman–Crippen LogP) is 4.10. The van der Waals surface area contributed by atoms with Crippen LogP contribution < -0.4 is 5.32 Å². The molecular weight excluding hydrogens is 419 g/mol. The molecule has 3 aromatic heterocycles. The summed E-state index contributed by atoms with van der Waals surface area (Å²) in [5, 5.41) is 17.3. The summed E-state index contributed by atoms with van der Waals surface area (Å²) in [5.74, 6) is -0.787. The van der Waals surface area contributed by atoms with Gasteiger partial charge in [0.2, 0.25) is 0 Å². The van der Waals surface area contributed by atoms with Crippen LogP contribution in [0.3, 0.4) is 0 Å². The molecule has 0 unspecified atom stereocenters. The summed E-state index contributed by atoms with van der Waals surface area (Å²) in [6, 6.07) is 12.8. The standard InChI is InChI=1S/C26H27FN4O2/c1-30-16-19(15-28-30)18-8-6-17(7-9-18)14-20-10-11-22(27)25-21(12-13-31(20)25)26(33)29-23-4-2-3-5-24(23)32/h6-13,15-16,23-24,32H,2-5,14H2,1H3,(H,29,33)/t23-,24-/m0/s1. The van der Waals surface area contributed by atoms with E-state index in [1.54, 1.807) is 27.4 Å². The van der Waals surface area contributed by atoms with Crippen molar-refractivity contribution in [2.45, 2.75) is 44.2 Å². The number of benzene rings is 1. The molecule has 4 aromatic rings. The molecule has 33 heavy (non-hydrogen) atoms. The van der Waals surface area contributed by atoms with Gasteiger partial charge in [0.1, 0.15) is 5.82 Å². The maximum absolute atomic E-state index is 14.8. The number of amides is 1. The number of aliphatic hydroxyl groups excluding tert-OH is 1. The largest absolute Gasteiger partial charge is 0.391 e. The summed E-state index contributed by atoms with van der Waals surface area (Å²) in [4.78, 5) is 12.9. The van der Waals surface area contributed by atoms with E-state index in [-0.39, 0.29) is 17.5 Å². The van der Waals surface area contributed by atoms with Crippen LogP contribution in [0.5, 0.6) is 0 Å². The Kier molecular flexibility index (Phi) is 5.72. The summed E-state index contributed by atoms with van der Waals surface area (Å²) in [6.45, 7) is 0. The lowest BCUT2D eigenvalue weighted by Crippen LogP contribution is -2.45. The molecule has 2 atom stereocenters. The van der Waals surface area contributed by atoms with E-state index in [4.69, 9.17) is 0 Å². The van der Waals surface area contributed by atoms with Gasteiger partial charge in [0.25, 0.3) is 5.91 Å². The first kappa shape index (κ1) is 21.4. The lowest BCUT2D eigenvalue weighted by Gasteiger charge is -2.28. The van der Waals surface area contributed by atoms with E-state index < -0.39 is 11.9 Å². The average Bonchev–Trinajstić information content (AvgIpc) is 3.45. The van der Waals surface area contributed by atoms with Crippen molar-refractivity contribution in [2.75, 3.05) is 0 Å². The fraction of sp³-hybridized carbons (Fsp3) is 0.308. The quantitative estimate of drug-likeness (QED) is 0.485. The molecule has 0 radical (unpaired) electrons.